The zero-order chi connectivity index (χ0) is 25.4. The highest BCUT2D eigenvalue weighted by Gasteiger charge is 2.34. The van der Waals surface area contributed by atoms with Crippen LogP contribution in [-0.2, 0) is 19.1 Å². The van der Waals surface area contributed by atoms with Crippen molar-refractivity contribution in [3.8, 4) is 0 Å². The third-order valence-electron chi connectivity index (χ3n) is 5.71. The number of carbonyl (C=O) groups is 2. The van der Waals surface area contributed by atoms with Gasteiger partial charge in [0.15, 0.2) is 6.29 Å². The molecular weight excluding hydrogens is 448 g/mol. The molecule has 1 aromatic heterocycles. The second kappa shape index (κ2) is 12.5. The molecule has 35 heavy (non-hydrogen) atoms. The maximum Gasteiger partial charge on any atom is 0.415 e. The van der Waals surface area contributed by atoms with Crippen molar-refractivity contribution in [3.05, 3.63) is 30.1 Å². The van der Waals surface area contributed by atoms with E-state index in [0.29, 0.717) is 23.9 Å². The molecule has 9 nitrogen and oxygen atoms in total. The highest BCUT2D eigenvalue weighted by Crippen LogP contribution is 2.26. The van der Waals surface area contributed by atoms with Crippen LogP contribution >= 0.6 is 0 Å². The van der Waals surface area contributed by atoms with Crippen molar-refractivity contribution in [3.63, 3.8) is 0 Å². The number of pyridine rings is 1. The quantitative estimate of drug-likeness (QED) is 0.434. The van der Waals surface area contributed by atoms with Gasteiger partial charge in [-0.3, -0.25) is 14.7 Å². The molecule has 0 radical (unpaired) electrons. The van der Waals surface area contributed by atoms with Gasteiger partial charge >= 0.3 is 6.09 Å². The lowest BCUT2D eigenvalue weighted by Gasteiger charge is -2.31. The molecule has 1 aromatic rings. The van der Waals surface area contributed by atoms with Crippen molar-refractivity contribution in [1.82, 2.24) is 15.4 Å². The van der Waals surface area contributed by atoms with Gasteiger partial charge in [0.1, 0.15) is 5.60 Å². The summed E-state index contributed by atoms with van der Waals surface area (Å²) in [5.74, 6) is 0.172. The van der Waals surface area contributed by atoms with E-state index in [0.717, 1.165) is 45.3 Å². The van der Waals surface area contributed by atoms with E-state index in [2.05, 4.69) is 29.2 Å². The normalized spacial score (nSPS) is 21.4. The van der Waals surface area contributed by atoms with Crippen molar-refractivity contribution in [2.75, 3.05) is 31.1 Å². The number of rotatable bonds is 8. The fourth-order valence-electron chi connectivity index (χ4n) is 4.24. The van der Waals surface area contributed by atoms with Crippen LogP contribution in [0, 0.1) is 5.92 Å². The Kier molecular flexibility index (Phi) is 9.65. The van der Waals surface area contributed by atoms with Gasteiger partial charge < -0.3 is 14.4 Å². The molecule has 3 rings (SSSR count). The van der Waals surface area contributed by atoms with Crippen LogP contribution in [0.4, 0.5) is 10.5 Å². The van der Waals surface area contributed by atoms with E-state index in [4.69, 9.17) is 14.3 Å². The van der Waals surface area contributed by atoms with Gasteiger partial charge in [0.05, 0.1) is 23.6 Å². The molecule has 0 bridgehead atoms. The summed E-state index contributed by atoms with van der Waals surface area (Å²) < 4.78 is 11.1. The molecule has 2 fully saturated rings. The Labute approximate surface area is 208 Å². The molecule has 9 heteroatoms. The van der Waals surface area contributed by atoms with Crippen molar-refractivity contribution >= 4 is 23.8 Å². The van der Waals surface area contributed by atoms with Crippen LogP contribution in [0.25, 0.3) is 6.08 Å². The number of carbonyl (C=O) groups excluding carboxylic acids is 2. The highest BCUT2D eigenvalue weighted by atomic mass is 16.8. The van der Waals surface area contributed by atoms with Crippen LogP contribution in [0.3, 0.4) is 0 Å². The summed E-state index contributed by atoms with van der Waals surface area (Å²) >= 11 is 0. The van der Waals surface area contributed by atoms with E-state index >= 15 is 0 Å². The monoisotopic (exact) mass is 488 g/mol. The van der Waals surface area contributed by atoms with Crippen LogP contribution in [0.1, 0.15) is 66.0 Å². The molecule has 0 saturated carbocycles. The molecule has 2 saturated heterocycles. The van der Waals surface area contributed by atoms with Crippen molar-refractivity contribution < 1.29 is 23.9 Å². The maximum absolute atomic E-state index is 13.1. The SMILES string of the molecule is CC(C)CN1CC[C@@H](N(C(=O)OC(C)(C)C)c2ccc(C=CC(=O)NOC3CCCCO3)nc2)C1. The van der Waals surface area contributed by atoms with Gasteiger partial charge in [-0.1, -0.05) is 13.8 Å². The topological polar surface area (TPSA) is 93.2 Å². The minimum atomic E-state index is -0.597. The molecule has 0 aliphatic carbocycles. The largest absolute Gasteiger partial charge is 0.443 e. The molecule has 1 N–H and O–H groups in total. The van der Waals surface area contributed by atoms with Gasteiger partial charge in [0.25, 0.3) is 5.91 Å². The van der Waals surface area contributed by atoms with Gasteiger partial charge in [-0.2, -0.15) is 0 Å². The number of hydrogen-bond donors (Lipinski definition) is 1. The Morgan fingerprint density at radius 2 is 2.09 bits per heavy atom. The number of anilines is 1. The van der Waals surface area contributed by atoms with E-state index in [-0.39, 0.29) is 12.1 Å². The van der Waals surface area contributed by atoms with Crippen LogP contribution in [0.5, 0.6) is 0 Å². The summed E-state index contributed by atoms with van der Waals surface area (Å²) in [5, 5.41) is 0. The summed E-state index contributed by atoms with van der Waals surface area (Å²) in [7, 11) is 0. The number of hydroxylamine groups is 1. The molecule has 3 heterocycles. The Morgan fingerprint density at radius 3 is 2.71 bits per heavy atom. The molecule has 2 aliphatic rings. The second-order valence-electron chi connectivity index (χ2n) is 10.6. The van der Waals surface area contributed by atoms with Gasteiger partial charge in [0.2, 0.25) is 0 Å². The summed E-state index contributed by atoms with van der Waals surface area (Å²) in [5.41, 5.74) is 3.06. The predicted octanol–water partition coefficient (Wildman–Crippen LogP) is 4.14. The van der Waals surface area contributed by atoms with Crippen LogP contribution in [0.2, 0.25) is 0 Å². The van der Waals surface area contributed by atoms with Crippen LogP contribution in [-0.4, -0.2) is 66.1 Å². The van der Waals surface area contributed by atoms with Gasteiger partial charge in [-0.25, -0.2) is 15.1 Å². The maximum atomic E-state index is 13.1. The number of amides is 2. The average Bonchev–Trinajstić information content (AvgIpc) is 3.23. The van der Waals surface area contributed by atoms with Gasteiger partial charge in [0, 0.05) is 38.7 Å². The molecule has 2 atom stereocenters. The van der Waals surface area contributed by atoms with E-state index in [1.165, 1.54) is 6.08 Å². The number of nitrogens with zero attached hydrogens (tertiary/aromatic N) is 3. The fraction of sp³-hybridized carbons (Fsp3) is 0.654. The number of aromatic nitrogens is 1. The van der Waals surface area contributed by atoms with E-state index in [1.54, 1.807) is 23.2 Å². The summed E-state index contributed by atoms with van der Waals surface area (Å²) in [6.45, 7) is 13.4. The van der Waals surface area contributed by atoms with Crippen molar-refractivity contribution in [1.29, 1.82) is 0 Å². The lowest BCUT2D eigenvalue weighted by atomic mass is 10.2. The number of nitrogens with one attached hydrogen (secondary N) is 1. The fourth-order valence-corrected chi connectivity index (χ4v) is 4.24. The Hall–Kier alpha value is -2.49. The zero-order valence-corrected chi connectivity index (χ0v) is 21.7. The molecule has 2 amide bonds. The van der Waals surface area contributed by atoms with Crippen LogP contribution in [0.15, 0.2) is 24.4 Å². The van der Waals surface area contributed by atoms with E-state index < -0.39 is 17.8 Å². The van der Waals surface area contributed by atoms with Gasteiger partial charge in [-0.05, 0) is 64.2 Å². The van der Waals surface area contributed by atoms with E-state index in [1.807, 2.05) is 26.8 Å². The first-order chi connectivity index (χ1) is 16.6. The number of hydrogen-bond acceptors (Lipinski definition) is 7. The summed E-state index contributed by atoms with van der Waals surface area (Å²) in [6, 6.07) is 3.63. The zero-order valence-electron chi connectivity index (χ0n) is 21.7. The molecular formula is C26H40N4O5. The lowest BCUT2D eigenvalue weighted by Crippen LogP contribution is -2.45. The minimum Gasteiger partial charge on any atom is -0.443 e. The minimum absolute atomic E-state index is 0.0109. The van der Waals surface area contributed by atoms with Crippen molar-refractivity contribution in [2.45, 2.75) is 78.2 Å². The molecule has 0 aromatic carbocycles. The van der Waals surface area contributed by atoms with Gasteiger partial charge in [-0.15, -0.1) is 0 Å². The smallest absolute Gasteiger partial charge is 0.415 e. The Bertz CT molecular complexity index is 859. The third kappa shape index (κ3) is 8.91. The first kappa shape index (κ1) is 27.1. The number of likely N-dealkylation sites (tertiary alicyclic amines) is 1. The average molecular weight is 489 g/mol. The molecule has 2 aliphatic heterocycles. The highest BCUT2D eigenvalue weighted by molar-refractivity contribution is 5.91. The molecule has 1 unspecified atom stereocenters. The first-order valence-electron chi connectivity index (χ1n) is 12.6. The predicted molar refractivity (Wildman–Crippen MR) is 134 cm³/mol. The van der Waals surface area contributed by atoms with Crippen LogP contribution < -0.4 is 10.4 Å². The standard InChI is InChI=1S/C26H40N4O5/c1-19(2)17-29-14-13-22(18-29)30(25(32)34-26(3,4)5)21-11-9-20(27-16-21)10-12-23(31)28-35-24-8-6-7-15-33-24/h9-12,16,19,22,24H,6-8,13-15,17-18H2,1-5H3,(H,28,31)/t22-,24?/m1/s1. The number of ether oxygens (including phenoxy) is 2. The summed E-state index contributed by atoms with van der Waals surface area (Å²) in [4.78, 5) is 39.0. The Morgan fingerprint density at radius 1 is 1.29 bits per heavy atom. The Balaban J connectivity index is 1.64. The first-order valence-corrected chi connectivity index (χ1v) is 12.6. The summed E-state index contributed by atoms with van der Waals surface area (Å²) in [6.07, 6.45) is 7.50. The molecule has 194 valence electrons. The lowest BCUT2D eigenvalue weighted by molar-refractivity contribution is -0.198. The third-order valence-corrected chi connectivity index (χ3v) is 5.71. The molecule has 0 spiro atoms. The second-order valence-corrected chi connectivity index (χ2v) is 10.6. The van der Waals surface area contributed by atoms with Crippen molar-refractivity contribution in [2.24, 2.45) is 5.92 Å². The van der Waals surface area contributed by atoms with E-state index in [9.17, 15) is 9.59 Å².